The van der Waals surface area contributed by atoms with E-state index in [0.717, 1.165) is 0 Å². The van der Waals surface area contributed by atoms with Crippen molar-refractivity contribution in [3.05, 3.63) is 0 Å². The van der Waals surface area contributed by atoms with Gasteiger partial charge in [0.15, 0.2) is 0 Å². The predicted octanol–water partition coefficient (Wildman–Crippen LogP) is 3.65. The van der Waals surface area contributed by atoms with Crippen LogP contribution in [0.25, 0.3) is 0 Å². The van der Waals surface area contributed by atoms with E-state index in [-0.39, 0.29) is 11.6 Å². The Balaban J connectivity index is 0. The third-order valence-electron chi connectivity index (χ3n) is 1.29. The Hall–Kier alpha value is -0.610. The smallest absolute Gasteiger partial charge is 0.311 e. The fourth-order valence-electron chi connectivity index (χ4n) is 0.431. The minimum Gasteiger partial charge on any atom is -0.460 e. The summed E-state index contributed by atoms with van der Waals surface area (Å²) in [5.41, 5.74) is -1.17. The summed E-state index contributed by atoms with van der Waals surface area (Å²) in [6.07, 6.45) is 0. The van der Waals surface area contributed by atoms with Crippen LogP contribution in [0.3, 0.4) is 0 Å². The number of hydrogen-bond donors (Lipinski definition) is 1. The first-order valence-corrected chi connectivity index (χ1v) is 5.75. The molecule has 4 nitrogen and oxygen atoms in total. The fraction of sp³-hybridized carbons (Fsp3) is 0.923. The van der Waals surface area contributed by atoms with Crippen LogP contribution in [-0.4, -0.2) is 22.4 Å². The molecule has 0 aliphatic heterocycles. The van der Waals surface area contributed by atoms with Gasteiger partial charge in [-0.1, -0.05) is 0 Å². The summed E-state index contributed by atoms with van der Waals surface area (Å²) in [5.74, 6) is -0.148. The Morgan fingerprint density at radius 1 is 0.824 bits per heavy atom. The van der Waals surface area contributed by atoms with Gasteiger partial charge in [0.05, 0.1) is 11.0 Å². The van der Waals surface area contributed by atoms with Crippen molar-refractivity contribution < 1.29 is 19.7 Å². The first-order chi connectivity index (χ1) is 7.19. The van der Waals surface area contributed by atoms with E-state index >= 15 is 0 Å². The normalized spacial score (nSPS) is 12.6. The van der Waals surface area contributed by atoms with E-state index in [4.69, 9.17) is 9.99 Å². The van der Waals surface area contributed by atoms with Crippen molar-refractivity contribution in [2.45, 2.75) is 73.5 Å². The van der Waals surface area contributed by atoms with Crippen LogP contribution < -0.4 is 0 Å². The Labute approximate surface area is 105 Å². The zero-order valence-corrected chi connectivity index (χ0v) is 12.7. The summed E-state index contributed by atoms with van der Waals surface area (Å²) in [7, 11) is 0. The third-order valence-corrected chi connectivity index (χ3v) is 1.29. The molecule has 0 unspecified atom stereocenters. The molecule has 0 aliphatic rings. The zero-order chi connectivity index (χ0) is 14.5. The molecule has 0 bridgehead atoms. The van der Waals surface area contributed by atoms with Gasteiger partial charge < -0.3 is 4.74 Å². The zero-order valence-electron chi connectivity index (χ0n) is 12.7. The highest BCUT2D eigenvalue weighted by Gasteiger charge is 2.27. The molecule has 4 heteroatoms. The van der Waals surface area contributed by atoms with Crippen molar-refractivity contribution in [1.82, 2.24) is 0 Å². The minimum absolute atomic E-state index is 0.148. The molecule has 0 aliphatic carbocycles. The summed E-state index contributed by atoms with van der Waals surface area (Å²) in [5, 5.41) is 7.90. The lowest BCUT2D eigenvalue weighted by Crippen LogP contribution is -2.31. The quantitative estimate of drug-likeness (QED) is 0.404. The number of carbonyl (C=O) groups is 1. The summed E-state index contributed by atoms with van der Waals surface area (Å²) in [4.78, 5) is 15.2. The van der Waals surface area contributed by atoms with Gasteiger partial charge in [-0.05, 0) is 62.3 Å². The lowest BCUT2D eigenvalue weighted by molar-refractivity contribution is -0.306. The molecule has 0 radical (unpaired) electrons. The SMILES string of the molecule is CC(C)(C)OC(=O)C(C)(C)C.CC(C)(C)OO. The molecular formula is C13H28O4. The molecule has 1 N–H and O–H groups in total. The summed E-state index contributed by atoms with van der Waals surface area (Å²) in [6, 6.07) is 0. The maximum absolute atomic E-state index is 11.3. The van der Waals surface area contributed by atoms with Crippen LogP contribution in [0.4, 0.5) is 0 Å². The van der Waals surface area contributed by atoms with Crippen molar-refractivity contribution in [3.8, 4) is 0 Å². The van der Waals surface area contributed by atoms with E-state index < -0.39 is 11.0 Å². The molecule has 0 atom stereocenters. The molecule has 17 heavy (non-hydrogen) atoms. The van der Waals surface area contributed by atoms with Gasteiger partial charge in [-0.3, -0.25) is 10.1 Å². The number of ether oxygens (including phenoxy) is 1. The van der Waals surface area contributed by atoms with Crippen LogP contribution in [-0.2, 0) is 14.4 Å². The lowest BCUT2D eigenvalue weighted by Gasteiger charge is -2.25. The van der Waals surface area contributed by atoms with Crippen LogP contribution in [0, 0.1) is 5.41 Å². The van der Waals surface area contributed by atoms with E-state index in [9.17, 15) is 4.79 Å². The maximum Gasteiger partial charge on any atom is 0.311 e. The van der Waals surface area contributed by atoms with Gasteiger partial charge in [0.25, 0.3) is 0 Å². The largest absolute Gasteiger partial charge is 0.460 e. The molecule has 0 spiro atoms. The average molecular weight is 248 g/mol. The topological polar surface area (TPSA) is 55.8 Å². The van der Waals surface area contributed by atoms with Gasteiger partial charge in [0, 0.05) is 0 Å². The molecule has 0 heterocycles. The molecule has 0 fully saturated rings. The minimum atomic E-state index is -0.403. The fourth-order valence-corrected chi connectivity index (χ4v) is 0.431. The van der Waals surface area contributed by atoms with Crippen LogP contribution in [0.5, 0.6) is 0 Å². The second-order valence-electron chi connectivity index (χ2n) is 6.96. The average Bonchev–Trinajstić information content (AvgIpc) is 1.99. The highest BCUT2D eigenvalue weighted by Crippen LogP contribution is 2.19. The highest BCUT2D eigenvalue weighted by atomic mass is 17.1. The van der Waals surface area contributed by atoms with Crippen LogP contribution in [0.1, 0.15) is 62.3 Å². The molecule has 0 aromatic rings. The number of esters is 1. The number of hydrogen-bond acceptors (Lipinski definition) is 4. The molecule has 0 saturated carbocycles. The van der Waals surface area contributed by atoms with E-state index in [1.807, 2.05) is 41.5 Å². The van der Waals surface area contributed by atoms with E-state index in [1.165, 1.54) is 0 Å². The van der Waals surface area contributed by atoms with Crippen LogP contribution >= 0.6 is 0 Å². The molecule has 0 saturated heterocycles. The van der Waals surface area contributed by atoms with Gasteiger partial charge >= 0.3 is 5.97 Å². The standard InChI is InChI=1S/C9H18O2.C4H10O2/c1-8(2,3)7(10)11-9(4,5)6;1-4(2,3)6-5/h1-6H3;5H,1-3H3. The van der Waals surface area contributed by atoms with Crippen molar-refractivity contribution in [3.63, 3.8) is 0 Å². The highest BCUT2D eigenvalue weighted by molar-refractivity contribution is 5.75. The first kappa shape index (κ1) is 18.7. The van der Waals surface area contributed by atoms with Gasteiger partial charge in [-0.2, -0.15) is 0 Å². The van der Waals surface area contributed by atoms with Gasteiger partial charge in [-0.15, -0.1) is 0 Å². The maximum atomic E-state index is 11.3. The van der Waals surface area contributed by atoms with Crippen molar-refractivity contribution in [2.24, 2.45) is 5.41 Å². The summed E-state index contributed by atoms with van der Waals surface area (Å²) < 4.78 is 5.16. The van der Waals surface area contributed by atoms with E-state index in [0.29, 0.717) is 0 Å². The van der Waals surface area contributed by atoms with E-state index in [2.05, 4.69) is 4.89 Å². The molecule has 0 amide bonds. The van der Waals surface area contributed by atoms with Crippen LogP contribution in [0.2, 0.25) is 0 Å². The lowest BCUT2D eigenvalue weighted by atomic mass is 9.97. The second-order valence-corrected chi connectivity index (χ2v) is 6.96. The molecular weight excluding hydrogens is 220 g/mol. The van der Waals surface area contributed by atoms with Crippen molar-refractivity contribution >= 4 is 5.97 Å². The molecule has 104 valence electrons. The molecule has 0 rings (SSSR count). The van der Waals surface area contributed by atoms with Crippen LogP contribution in [0.15, 0.2) is 0 Å². The van der Waals surface area contributed by atoms with Crippen molar-refractivity contribution in [2.75, 3.05) is 0 Å². The van der Waals surface area contributed by atoms with Gasteiger partial charge in [0.1, 0.15) is 5.60 Å². The Bertz CT molecular complexity index is 225. The summed E-state index contributed by atoms with van der Waals surface area (Å²) in [6.45, 7) is 16.5. The Morgan fingerprint density at radius 3 is 1.18 bits per heavy atom. The predicted molar refractivity (Wildman–Crippen MR) is 68.8 cm³/mol. The van der Waals surface area contributed by atoms with Gasteiger partial charge in [-0.25, -0.2) is 4.89 Å². The third kappa shape index (κ3) is 15.4. The van der Waals surface area contributed by atoms with Crippen molar-refractivity contribution in [1.29, 1.82) is 0 Å². The summed E-state index contributed by atoms with van der Waals surface area (Å²) >= 11 is 0. The molecule has 0 aromatic heterocycles. The monoisotopic (exact) mass is 248 g/mol. The second kappa shape index (κ2) is 6.36. The van der Waals surface area contributed by atoms with E-state index in [1.54, 1.807) is 20.8 Å². The Kier molecular flexibility index (Phi) is 7.01. The molecule has 0 aromatic carbocycles. The number of carbonyl (C=O) groups excluding carboxylic acids is 1. The first-order valence-electron chi connectivity index (χ1n) is 5.75. The number of rotatable bonds is 0. The van der Waals surface area contributed by atoms with Gasteiger partial charge in [0.2, 0.25) is 0 Å². The Morgan fingerprint density at radius 2 is 1.12 bits per heavy atom.